The minimum absolute atomic E-state index is 0.0664. The fraction of sp³-hybridized carbons (Fsp3) is 0.500. The Balaban J connectivity index is 2.01. The molecule has 4 nitrogen and oxygen atoms in total. The molecular formula is C18H23F4N3O. The zero-order valence-corrected chi connectivity index (χ0v) is 14.6. The average Bonchev–Trinajstić information content (AvgIpc) is 2.60. The van der Waals surface area contributed by atoms with Crippen molar-refractivity contribution in [1.82, 2.24) is 10.6 Å². The summed E-state index contributed by atoms with van der Waals surface area (Å²) < 4.78 is 57.6. The van der Waals surface area contributed by atoms with Gasteiger partial charge in [0, 0.05) is 13.1 Å². The largest absolute Gasteiger partial charge is 0.416 e. The molecule has 0 fully saturated rings. The second-order valence-corrected chi connectivity index (χ2v) is 5.86. The first-order chi connectivity index (χ1) is 12.4. The first kappa shape index (κ1) is 20.2. The highest BCUT2D eigenvalue weighted by atomic mass is 19.4. The average molecular weight is 373 g/mol. The summed E-state index contributed by atoms with van der Waals surface area (Å²) in [5, 5.41) is 6.11. The van der Waals surface area contributed by atoms with Crippen LogP contribution >= 0.6 is 0 Å². The van der Waals surface area contributed by atoms with E-state index >= 15 is 0 Å². The van der Waals surface area contributed by atoms with E-state index in [-0.39, 0.29) is 12.1 Å². The van der Waals surface area contributed by atoms with Crippen molar-refractivity contribution in [2.24, 2.45) is 4.99 Å². The van der Waals surface area contributed by atoms with Gasteiger partial charge in [0.1, 0.15) is 5.82 Å². The Labute approximate surface area is 150 Å². The summed E-state index contributed by atoms with van der Waals surface area (Å²) in [4.78, 5) is 4.20. The van der Waals surface area contributed by atoms with Crippen molar-refractivity contribution in [2.45, 2.75) is 32.5 Å². The highest BCUT2D eigenvalue weighted by Gasteiger charge is 2.33. The summed E-state index contributed by atoms with van der Waals surface area (Å²) in [7, 11) is 0. The number of nitrogens with zero attached hydrogens (tertiary/aromatic N) is 1. The van der Waals surface area contributed by atoms with Crippen LogP contribution in [-0.4, -0.2) is 32.3 Å². The van der Waals surface area contributed by atoms with Gasteiger partial charge in [0.2, 0.25) is 0 Å². The van der Waals surface area contributed by atoms with E-state index < -0.39 is 17.6 Å². The number of alkyl halides is 3. The lowest BCUT2D eigenvalue weighted by Gasteiger charge is -2.16. The van der Waals surface area contributed by atoms with Crippen molar-refractivity contribution in [3.05, 3.63) is 46.8 Å². The lowest BCUT2D eigenvalue weighted by atomic mass is 10.1. The van der Waals surface area contributed by atoms with Gasteiger partial charge in [-0.05, 0) is 37.5 Å². The van der Waals surface area contributed by atoms with Gasteiger partial charge in [0.25, 0.3) is 0 Å². The second kappa shape index (κ2) is 9.56. The maximum atomic E-state index is 13.2. The predicted molar refractivity (Wildman–Crippen MR) is 92.4 cm³/mol. The third-order valence-corrected chi connectivity index (χ3v) is 3.92. The van der Waals surface area contributed by atoms with E-state index in [1.807, 2.05) is 13.0 Å². The fourth-order valence-electron chi connectivity index (χ4n) is 2.59. The van der Waals surface area contributed by atoms with E-state index in [9.17, 15) is 17.6 Å². The molecule has 8 heteroatoms. The Hall–Kier alpha value is -2.09. The maximum Gasteiger partial charge on any atom is 0.416 e. The molecule has 0 aliphatic carbocycles. The molecule has 1 aliphatic rings. The Kier molecular flexibility index (Phi) is 7.44. The summed E-state index contributed by atoms with van der Waals surface area (Å²) in [6, 6.07) is 2.64. The predicted octanol–water partition coefficient (Wildman–Crippen LogP) is 3.64. The van der Waals surface area contributed by atoms with Gasteiger partial charge < -0.3 is 15.4 Å². The van der Waals surface area contributed by atoms with E-state index in [0.29, 0.717) is 38.3 Å². The molecule has 0 amide bonds. The van der Waals surface area contributed by atoms with E-state index in [0.717, 1.165) is 25.0 Å². The lowest BCUT2D eigenvalue weighted by molar-refractivity contribution is -0.138. The normalized spacial score (nSPS) is 15.6. The second-order valence-electron chi connectivity index (χ2n) is 5.86. The molecule has 0 spiro atoms. The van der Waals surface area contributed by atoms with Crippen molar-refractivity contribution in [3.63, 3.8) is 0 Å². The molecule has 0 saturated carbocycles. The van der Waals surface area contributed by atoms with Crippen LogP contribution in [0, 0.1) is 5.82 Å². The van der Waals surface area contributed by atoms with Crippen molar-refractivity contribution in [2.75, 3.05) is 26.3 Å². The van der Waals surface area contributed by atoms with Gasteiger partial charge in [-0.3, -0.25) is 0 Å². The highest BCUT2D eigenvalue weighted by molar-refractivity contribution is 5.79. The number of guanidine groups is 1. The van der Waals surface area contributed by atoms with Crippen LogP contribution in [0.5, 0.6) is 0 Å². The molecule has 2 rings (SSSR count). The van der Waals surface area contributed by atoms with E-state index in [1.165, 1.54) is 5.57 Å². The minimum atomic E-state index is -4.62. The molecule has 0 aromatic heterocycles. The lowest BCUT2D eigenvalue weighted by Crippen LogP contribution is -2.38. The number of halogens is 4. The first-order valence-electron chi connectivity index (χ1n) is 8.53. The standard InChI is InChI=1S/C18H23F4N3O/c1-2-23-17(24-8-5-13-6-9-26-10-7-13)25-12-14-3-4-15(19)11-16(14)18(20,21)22/h3-4,6,11H,2,5,7-10,12H2,1H3,(H2,23,24,25). The van der Waals surface area contributed by atoms with Gasteiger partial charge in [0.05, 0.1) is 25.3 Å². The number of ether oxygens (including phenoxy) is 1. The van der Waals surface area contributed by atoms with Crippen LogP contribution in [0.1, 0.15) is 30.9 Å². The third-order valence-electron chi connectivity index (χ3n) is 3.92. The summed E-state index contributed by atoms with van der Waals surface area (Å²) in [5.74, 6) is -0.488. The molecule has 1 heterocycles. The van der Waals surface area contributed by atoms with Crippen LogP contribution < -0.4 is 10.6 Å². The fourth-order valence-corrected chi connectivity index (χ4v) is 2.59. The van der Waals surface area contributed by atoms with Crippen LogP contribution in [0.15, 0.2) is 34.8 Å². The zero-order chi connectivity index (χ0) is 19.0. The number of hydrogen-bond donors (Lipinski definition) is 2. The Morgan fingerprint density at radius 1 is 1.27 bits per heavy atom. The molecule has 1 aromatic rings. The molecule has 0 atom stereocenters. The Bertz CT molecular complexity index is 656. The summed E-state index contributed by atoms with van der Waals surface area (Å²) in [5.41, 5.74) is 0.227. The molecule has 1 aromatic carbocycles. The summed E-state index contributed by atoms with van der Waals surface area (Å²) >= 11 is 0. The van der Waals surface area contributed by atoms with E-state index in [2.05, 4.69) is 15.6 Å². The monoisotopic (exact) mass is 373 g/mol. The minimum Gasteiger partial charge on any atom is -0.377 e. The van der Waals surface area contributed by atoms with Crippen molar-refractivity contribution in [3.8, 4) is 0 Å². The number of rotatable bonds is 6. The van der Waals surface area contributed by atoms with Crippen LogP contribution in [0.4, 0.5) is 17.6 Å². The van der Waals surface area contributed by atoms with Crippen molar-refractivity contribution in [1.29, 1.82) is 0 Å². The molecule has 2 N–H and O–H groups in total. The smallest absolute Gasteiger partial charge is 0.377 e. The quantitative estimate of drug-likeness (QED) is 0.346. The van der Waals surface area contributed by atoms with Gasteiger partial charge >= 0.3 is 6.18 Å². The molecule has 1 aliphatic heterocycles. The SMILES string of the molecule is CCNC(=NCc1ccc(F)cc1C(F)(F)F)NCCC1=CCOCC1. The van der Waals surface area contributed by atoms with Gasteiger partial charge in [-0.25, -0.2) is 9.38 Å². The van der Waals surface area contributed by atoms with E-state index in [1.54, 1.807) is 0 Å². The van der Waals surface area contributed by atoms with Gasteiger partial charge in [0.15, 0.2) is 5.96 Å². The number of nitrogens with one attached hydrogen (secondary N) is 2. The van der Waals surface area contributed by atoms with Crippen molar-refractivity contribution < 1.29 is 22.3 Å². The van der Waals surface area contributed by atoms with Crippen LogP contribution in [0.2, 0.25) is 0 Å². The van der Waals surface area contributed by atoms with Gasteiger partial charge in [-0.1, -0.05) is 17.7 Å². The molecule has 0 radical (unpaired) electrons. The van der Waals surface area contributed by atoms with Crippen LogP contribution in [0.25, 0.3) is 0 Å². The number of aliphatic imine (C=N–C) groups is 1. The zero-order valence-electron chi connectivity index (χ0n) is 14.6. The van der Waals surface area contributed by atoms with Gasteiger partial charge in [-0.15, -0.1) is 0 Å². The molecule has 0 saturated heterocycles. The molecule has 0 unspecified atom stereocenters. The molecule has 26 heavy (non-hydrogen) atoms. The van der Waals surface area contributed by atoms with Gasteiger partial charge in [-0.2, -0.15) is 13.2 Å². The molecular weight excluding hydrogens is 350 g/mol. The molecule has 144 valence electrons. The molecule has 0 bridgehead atoms. The summed E-state index contributed by atoms with van der Waals surface area (Å²) in [6.45, 7) is 4.21. The van der Waals surface area contributed by atoms with E-state index in [4.69, 9.17) is 4.74 Å². The Morgan fingerprint density at radius 3 is 2.73 bits per heavy atom. The maximum absolute atomic E-state index is 13.2. The summed E-state index contributed by atoms with van der Waals surface area (Å²) in [6.07, 6.45) is -0.865. The third kappa shape index (κ3) is 6.33. The van der Waals surface area contributed by atoms with Crippen molar-refractivity contribution >= 4 is 5.96 Å². The highest BCUT2D eigenvalue weighted by Crippen LogP contribution is 2.32. The topological polar surface area (TPSA) is 45.7 Å². The number of benzene rings is 1. The van der Waals surface area contributed by atoms with Crippen LogP contribution in [0.3, 0.4) is 0 Å². The van der Waals surface area contributed by atoms with Crippen LogP contribution in [-0.2, 0) is 17.5 Å². The number of hydrogen-bond acceptors (Lipinski definition) is 2. The first-order valence-corrected chi connectivity index (χ1v) is 8.53. The Morgan fingerprint density at radius 2 is 2.08 bits per heavy atom.